The summed E-state index contributed by atoms with van der Waals surface area (Å²) in [6, 6.07) is -1.13. The van der Waals surface area contributed by atoms with Gasteiger partial charge >= 0.3 is 5.97 Å². The molecule has 0 heterocycles. The van der Waals surface area contributed by atoms with Gasteiger partial charge in [-0.15, -0.1) is 0 Å². The number of aliphatic carboxylic acids is 1. The molecule has 0 spiro atoms. The highest BCUT2D eigenvalue weighted by Crippen LogP contribution is 1.89. The SMILES string of the molecule is [2H]C([2H])([2H])C(=O)NC(CC)C(=O)O. The predicted molar refractivity (Wildman–Crippen MR) is 35.5 cm³/mol. The summed E-state index contributed by atoms with van der Waals surface area (Å²) in [6.45, 7) is -1.25. The van der Waals surface area contributed by atoms with E-state index in [0.29, 0.717) is 0 Å². The molecular formula is C6H11NO3. The molecule has 0 radical (unpaired) electrons. The molecule has 0 aliphatic carbocycles. The van der Waals surface area contributed by atoms with E-state index in [1.807, 2.05) is 5.32 Å². The predicted octanol–water partition coefficient (Wildman–Crippen LogP) is -0.0143. The van der Waals surface area contributed by atoms with E-state index in [2.05, 4.69) is 0 Å². The molecule has 0 aliphatic rings. The monoisotopic (exact) mass is 148 g/mol. The van der Waals surface area contributed by atoms with Crippen LogP contribution in [0.2, 0.25) is 0 Å². The maximum Gasteiger partial charge on any atom is 0.326 e. The standard InChI is InChI=1S/C6H11NO3/c1-3-5(6(9)10)7-4(2)8/h5H,3H2,1-2H3,(H,7,8)(H,9,10)/i2D3. The Morgan fingerprint density at radius 3 is 2.70 bits per heavy atom. The van der Waals surface area contributed by atoms with Gasteiger partial charge in [0, 0.05) is 11.0 Å². The Bertz CT molecular complexity index is 214. The van der Waals surface area contributed by atoms with Crippen LogP contribution in [-0.4, -0.2) is 23.0 Å². The Hall–Kier alpha value is -1.06. The molecule has 0 aliphatic heterocycles. The maximum atomic E-state index is 10.8. The van der Waals surface area contributed by atoms with Gasteiger partial charge in [0.05, 0.1) is 0 Å². The Morgan fingerprint density at radius 2 is 2.40 bits per heavy atom. The Labute approximate surface area is 63.4 Å². The number of amides is 1. The highest BCUT2D eigenvalue weighted by Gasteiger charge is 2.14. The van der Waals surface area contributed by atoms with E-state index in [0.717, 1.165) is 0 Å². The quantitative estimate of drug-likeness (QED) is 0.591. The Balaban J connectivity index is 4.26. The molecule has 58 valence electrons. The summed E-state index contributed by atoms with van der Waals surface area (Å²) in [5.41, 5.74) is 0. The van der Waals surface area contributed by atoms with Gasteiger partial charge in [0.25, 0.3) is 0 Å². The number of carboxylic acid groups (broad SMARTS) is 1. The number of hydrogen-bond donors (Lipinski definition) is 2. The fourth-order valence-corrected chi connectivity index (χ4v) is 0.497. The van der Waals surface area contributed by atoms with Gasteiger partial charge in [0.2, 0.25) is 5.91 Å². The molecule has 0 bridgehead atoms. The number of hydrogen-bond acceptors (Lipinski definition) is 2. The molecule has 1 unspecified atom stereocenters. The van der Waals surface area contributed by atoms with Crippen molar-refractivity contribution in [2.75, 3.05) is 0 Å². The minimum Gasteiger partial charge on any atom is -0.480 e. The van der Waals surface area contributed by atoms with Gasteiger partial charge in [-0.05, 0) is 6.42 Å². The summed E-state index contributed by atoms with van der Waals surface area (Å²) >= 11 is 0. The van der Waals surface area contributed by atoms with E-state index in [4.69, 9.17) is 9.22 Å². The molecule has 4 heteroatoms. The van der Waals surface area contributed by atoms with Crippen LogP contribution in [0.15, 0.2) is 0 Å². The zero-order valence-electron chi connectivity index (χ0n) is 8.55. The summed E-state index contributed by atoms with van der Waals surface area (Å²) < 4.78 is 20.0. The van der Waals surface area contributed by atoms with Gasteiger partial charge in [-0.3, -0.25) is 4.79 Å². The zero-order chi connectivity index (χ0) is 10.6. The Kier molecular flexibility index (Phi) is 1.82. The molecule has 0 aromatic carbocycles. The van der Waals surface area contributed by atoms with Crippen LogP contribution < -0.4 is 5.32 Å². The van der Waals surface area contributed by atoms with E-state index in [1.54, 1.807) is 6.92 Å². The van der Waals surface area contributed by atoms with Gasteiger partial charge in [0.15, 0.2) is 0 Å². The third kappa shape index (κ3) is 3.06. The van der Waals surface area contributed by atoms with Crippen LogP contribution in [0.25, 0.3) is 0 Å². The fraction of sp³-hybridized carbons (Fsp3) is 0.667. The molecule has 0 rings (SSSR count). The van der Waals surface area contributed by atoms with E-state index in [1.165, 1.54) is 0 Å². The number of rotatable bonds is 3. The highest BCUT2D eigenvalue weighted by atomic mass is 16.4. The van der Waals surface area contributed by atoms with Gasteiger partial charge in [-0.1, -0.05) is 6.92 Å². The van der Waals surface area contributed by atoms with Crippen molar-refractivity contribution in [3.63, 3.8) is 0 Å². The first-order valence-corrected chi connectivity index (χ1v) is 2.82. The van der Waals surface area contributed by atoms with Crippen LogP contribution in [-0.2, 0) is 9.59 Å². The van der Waals surface area contributed by atoms with Crippen LogP contribution in [0, 0.1) is 0 Å². The number of nitrogens with one attached hydrogen (secondary N) is 1. The summed E-state index contributed by atoms with van der Waals surface area (Å²) in [5, 5.41) is 10.4. The third-order valence-electron chi connectivity index (χ3n) is 1.01. The van der Waals surface area contributed by atoms with Crippen LogP contribution in [0.1, 0.15) is 24.3 Å². The lowest BCUT2D eigenvalue weighted by atomic mass is 10.2. The van der Waals surface area contributed by atoms with Crippen molar-refractivity contribution in [3.05, 3.63) is 0 Å². The topological polar surface area (TPSA) is 66.4 Å². The van der Waals surface area contributed by atoms with Crippen LogP contribution in [0.4, 0.5) is 0 Å². The van der Waals surface area contributed by atoms with Crippen molar-refractivity contribution in [2.45, 2.75) is 26.2 Å². The lowest BCUT2D eigenvalue weighted by Gasteiger charge is -2.08. The molecular weight excluding hydrogens is 134 g/mol. The number of carbonyl (C=O) groups excluding carboxylic acids is 1. The van der Waals surface area contributed by atoms with Crippen molar-refractivity contribution < 1.29 is 18.8 Å². The van der Waals surface area contributed by atoms with Crippen LogP contribution in [0.3, 0.4) is 0 Å². The van der Waals surface area contributed by atoms with E-state index in [-0.39, 0.29) is 6.42 Å². The molecule has 0 fully saturated rings. The molecule has 1 amide bonds. The van der Waals surface area contributed by atoms with E-state index in [9.17, 15) is 9.59 Å². The van der Waals surface area contributed by atoms with Crippen molar-refractivity contribution in [1.82, 2.24) is 5.32 Å². The Morgan fingerprint density at radius 1 is 1.80 bits per heavy atom. The van der Waals surface area contributed by atoms with Gasteiger partial charge in [0.1, 0.15) is 6.04 Å². The normalized spacial score (nSPS) is 17.9. The second-order valence-corrected chi connectivity index (χ2v) is 1.77. The van der Waals surface area contributed by atoms with Crippen molar-refractivity contribution in [2.24, 2.45) is 0 Å². The zero-order valence-corrected chi connectivity index (χ0v) is 5.55. The first kappa shape index (κ1) is 4.71. The molecule has 2 N–H and O–H groups in total. The highest BCUT2D eigenvalue weighted by molar-refractivity contribution is 5.81. The fourth-order valence-electron chi connectivity index (χ4n) is 0.497. The van der Waals surface area contributed by atoms with Crippen molar-refractivity contribution in [3.8, 4) is 0 Å². The molecule has 0 aromatic rings. The van der Waals surface area contributed by atoms with Gasteiger partial charge < -0.3 is 10.4 Å². The summed E-state index contributed by atoms with van der Waals surface area (Å²) in [5.74, 6) is -2.47. The first-order valence-electron chi connectivity index (χ1n) is 4.32. The molecule has 1 atom stereocenters. The van der Waals surface area contributed by atoms with E-state index >= 15 is 0 Å². The first-order chi connectivity index (χ1) is 5.79. The van der Waals surface area contributed by atoms with Gasteiger partial charge in [-0.2, -0.15) is 0 Å². The second-order valence-electron chi connectivity index (χ2n) is 1.77. The number of carboxylic acids is 1. The molecule has 0 saturated heterocycles. The summed E-state index contributed by atoms with van der Waals surface area (Å²) in [7, 11) is 0. The maximum absolute atomic E-state index is 10.8. The number of carbonyl (C=O) groups is 2. The molecule has 0 aromatic heterocycles. The third-order valence-corrected chi connectivity index (χ3v) is 1.01. The minimum atomic E-state index is -2.79. The molecule has 4 nitrogen and oxygen atoms in total. The smallest absolute Gasteiger partial charge is 0.326 e. The van der Waals surface area contributed by atoms with Crippen molar-refractivity contribution >= 4 is 11.9 Å². The van der Waals surface area contributed by atoms with Gasteiger partial charge in [-0.25, -0.2) is 4.79 Å². The van der Waals surface area contributed by atoms with E-state index < -0.39 is 24.8 Å². The average Bonchev–Trinajstić information content (AvgIpc) is 1.96. The van der Waals surface area contributed by atoms with Crippen LogP contribution >= 0.6 is 0 Å². The lowest BCUT2D eigenvalue weighted by molar-refractivity contribution is -0.141. The van der Waals surface area contributed by atoms with Crippen LogP contribution in [0.5, 0.6) is 0 Å². The summed E-state index contributed by atoms with van der Waals surface area (Å²) in [6.07, 6.45) is 0.150. The lowest BCUT2D eigenvalue weighted by Crippen LogP contribution is -2.38. The second kappa shape index (κ2) is 3.87. The molecule has 10 heavy (non-hydrogen) atoms. The average molecular weight is 148 g/mol. The molecule has 0 saturated carbocycles. The largest absolute Gasteiger partial charge is 0.480 e. The summed E-state index contributed by atoms with van der Waals surface area (Å²) in [4.78, 5) is 21.2. The minimum absolute atomic E-state index is 0.150. The van der Waals surface area contributed by atoms with Crippen molar-refractivity contribution in [1.29, 1.82) is 0 Å².